The maximum Gasteiger partial charge on any atom is 0.318 e. The first kappa shape index (κ1) is 12.5. The van der Waals surface area contributed by atoms with Gasteiger partial charge in [-0.2, -0.15) is 0 Å². The van der Waals surface area contributed by atoms with Gasteiger partial charge >= 0.3 is 12.1 Å². The first-order valence-corrected chi connectivity index (χ1v) is 3.64. The highest BCUT2D eigenvalue weighted by molar-refractivity contribution is 5.95. The van der Waals surface area contributed by atoms with Gasteiger partial charge in [-0.25, -0.2) is 19.6 Å². The van der Waals surface area contributed by atoms with Crippen LogP contribution < -0.4 is 33.6 Å². The maximum atomic E-state index is 10.3. The summed E-state index contributed by atoms with van der Waals surface area (Å²) >= 11 is 0. The highest BCUT2D eigenvalue weighted by Crippen LogP contribution is 1.73. The summed E-state index contributed by atoms with van der Waals surface area (Å²) in [5.74, 6) is -0.420. The second-order valence-corrected chi connectivity index (χ2v) is 2.21. The molecule has 0 heterocycles. The van der Waals surface area contributed by atoms with Gasteiger partial charge in [-0.05, 0) is 0 Å². The number of rotatable bonds is 2. The summed E-state index contributed by atoms with van der Waals surface area (Å²) in [5.41, 5.74) is 19.8. The number of amides is 4. The molecule has 0 aliphatic rings. The zero-order chi connectivity index (χ0) is 11.8. The lowest BCUT2D eigenvalue weighted by molar-refractivity contribution is 0.252. The molecule has 0 aromatic rings. The topological polar surface area (TPSA) is 187 Å². The number of nitrogens with zero attached hydrogens (tertiary/aromatic N) is 2. The molecule has 0 saturated carbocycles. The largest absolute Gasteiger partial charge is 0.370 e. The van der Waals surface area contributed by atoms with E-state index in [4.69, 9.17) is 22.9 Å². The SMILES string of the molecule is NC(=O)N/C(N)=N/C/N=C(\N)NC(N)=O. The summed E-state index contributed by atoms with van der Waals surface area (Å²) in [6.45, 7) is -0.182. The van der Waals surface area contributed by atoms with Gasteiger partial charge in [0, 0.05) is 0 Å². The molecule has 4 amide bonds. The van der Waals surface area contributed by atoms with E-state index in [1.54, 1.807) is 0 Å². The lowest BCUT2D eigenvalue weighted by atomic mass is 10.8. The summed E-state index contributed by atoms with van der Waals surface area (Å²) in [5, 5.41) is 4.00. The average Bonchev–Trinajstić information content (AvgIpc) is 2.00. The normalized spacial score (nSPS) is 12.0. The standard InChI is InChI=1S/C5H12N8O2/c6-2(12-4(8)14)10-1-11-3(7)13-5(9)15/h1H2,(H5,6,8,10,12,14)(H5,7,9,11,13,15). The van der Waals surface area contributed by atoms with E-state index in [-0.39, 0.29) is 18.6 Å². The molecule has 0 radical (unpaired) electrons. The van der Waals surface area contributed by atoms with Crippen molar-refractivity contribution in [1.29, 1.82) is 0 Å². The highest BCUT2D eigenvalue weighted by atomic mass is 16.2. The Morgan fingerprint density at radius 3 is 1.47 bits per heavy atom. The van der Waals surface area contributed by atoms with Crippen LogP contribution in [0.2, 0.25) is 0 Å². The summed E-state index contributed by atoms with van der Waals surface area (Å²) < 4.78 is 0. The Morgan fingerprint density at radius 1 is 0.867 bits per heavy atom. The Hall–Kier alpha value is -2.52. The number of guanidine groups is 2. The number of hydrogen-bond donors (Lipinski definition) is 6. The Labute approximate surface area is 84.8 Å². The predicted octanol–water partition coefficient (Wildman–Crippen LogP) is -3.09. The van der Waals surface area contributed by atoms with Gasteiger partial charge in [0.15, 0.2) is 11.9 Å². The molecule has 15 heavy (non-hydrogen) atoms. The molecule has 0 spiro atoms. The quantitative estimate of drug-likeness (QED) is 0.211. The van der Waals surface area contributed by atoms with Crippen molar-refractivity contribution in [2.24, 2.45) is 32.9 Å². The molecule has 10 N–H and O–H groups in total. The fourth-order valence-electron chi connectivity index (χ4n) is 0.519. The lowest BCUT2D eigenvalue weighted by Crippen LogP contribution is -2.41. The summed E-state index contributed by atoms with van der Waals surface area (Å²) in [6, 6.07) is -1.69. The summed E-state index contributed by atoms with van der Waals surface area (Å²) in [6.07, 6.45) is 0. The fraction of sp³-hybridized carbons (Fsp3) is 0.200. The highest BCUT2D eigenvalue weighted by Gasteiger charge is 1.95. The third kappa shape index (κ3) is 7.83. The van der Waals surface area contributed by atoms with Crippen molar-refractivity contribution in [3.8, 4) is 0 Å². The molecule has 0 aliphatic heterocycles. The van der Waals surface area contributed by atoms with Crippen molar-refractivity contribution in [1.82, 2.24) is 10.6 Å². The number of aliphatic imine (C=N–C) groups is 2. The molecule has 0 rings (SSSR count). The zero-order valence-electron chi connectivity index (χ0n) is 7.73. The number of urea groups is 2. The molecular weight excluding hydrogens is 204 g/mol. The van der Waals surface area contributed by atoms with Crippen molar-refractivity contribution >= 4 is 24.0 Å². The van der Waals surface area contributed by atoms with Crippen LogP contribution in [0.25, 0.3) is 0 Å². The molecule has 0 saturated heterocycles. The molecule has 0 unspecified atom stereocenters. The van der Waals surface area contributed by atoms with E-state index < -0.39 is 12.1 Å². The zero-order valence-corrected chi connectivity index (χ0v) is 7.73. The number of nitrogens with two attached hydrogens (primary N) is 4. The minimum Gasteiger partial charge on any atom is -0.370 e. The van der Waals surface area contributed by atoms with Crippen molar-refractivity contribution in [2.75, 3.05) is 6.67 Å². The van der Waals surface area contributed by atoms with Gasteiger partial charge in [0.2, 0.25) is 0 Å². The average molecular weight is 216 g/mol. The molecule has 84 valence electrons. The molecular formula is C5H12N8O2. The van der Waals surface area contributed by atoms with Crippen molar-refractivity contribution < 1.29 is 9.59 Å². The van der Waals surface area contributed by atoms with Crippen LogP contribution in [-0.4, -0.2) is 30.7 Å². The second kappa shape index (κ2) is 6.01. The Balaban J connectivity index is 4.04. The lowest BCUT2D eigenvalue weighted by Gasteiger charge is -2.00. The van der Waals surface area contributed by atoms with Gasteiger partial charge in [0.1, 0.15) is 6.67 Å². The van der Waals surface area contributed by atoms with Crippen LogP contribution in [0.15, 0.2) is 9.98 Å². The number of nitrogens with one attached hydrogen (secondary N) is 2. The van der Waals surface area contributed by atoms with Gasteiger partial charge in [-0.1, -0.05) is 0 Å². The number of primary amides is 2. The van der Waals surface area contributed by atoms with Crippen LogP contribution in [0, 0.1) is 0 Å². The molecule has 10 heteroatoms. The minimum absolute atomic E-state index is 0.182. The van der Waals surface area contributed by atoms with Gasteiger partial charge < -0.3 is 22.9 Å². The number of carbonyl (C=O) groups excluding carboxylic acids is 2. The van der Waals surface area contributed by atoms with Crippen molar-refractivity contribution in [3.05, 3.63) is 0 Å². The van der Waals surface area contributed by atoms with Crippen LogP contribution in [0.5, 0.6) is 0 Å². The van der Waals surface area contributed by atoms with Gasteiger partial charge in [-0.15, -0.1) is 0 Å². The second-order valence-electron chi connectivity index (χ2n) is 2.21. The molecule has 0 fully saturated rings. The molecule has 0 atom stereocenters. The summed E-state index contributed by atoms with van der Waals surface area (Å²) in [4.78, 5) is 27.6. The Bertz CT molecular complexity index is 278. The molecule has 10 nitrogen and oxygen atoms in total. The van der Waals surface area contributed by atoms with E-state index in [9.17, 15) is 9.59 Å². The fourth-order valence-corrected chi connectivity index (χ4v) is 0.519. The first-order chi connectivity index (χ1) is 6.91. The third-order valence-electron chi connectivity index (χ3n) is 0.985. The molecule has 0 aliphatic carbocycles. The minimum atomic E-state index is -0.844. The maximum absolute atomic E-state index is 10.3. The molecule has 0 bridgehead atoms. The third-order valence-corrected chi connectivity index (χ3v) is 0.985. The van der Waals surface area contributed by atoms with Gasteiger partial charge in [0.25, 0.3) is 0 Å². The van der Waals surface area contributed by atoms with Crippen LogP contribution in [-0.2, 0) is 0 Å². The number of carbonyl (C=O) groups is 2. The number of hydrogen-bond acceptors (Lipinski definition) is 4. The van der Waals surface area contributed by atoms with E-state index in [1.807, 2.05) is 10.6 Å². The van der Waals surface area contributed by atoms with E-state index in [0.717, 1.165) is 0 Å². The molecule has 0 aromatic heterocycles. The van der Waals surface area contributed by atoms with E-state index in [2.05, 4.69) is 9.98 Å². The van der Waals surface area contributed by atoms with E-state index >= 15 is 0 Å². The summed E-state index contributed by atoms with van der Waals surface area (Å²) in [7, 11) is 0. The van der Waals surface area contributed by atoms with Crippen LogP contribution in [0.3, 0.4) is 0 Å². The van der Waals surface area contributed by atoms with Crippen LogP contribution >= 0.6 is 0 Å². The predicted molar refractivity (Wildman–Crippen MR) is 53.5 cm³/mol. The van der Waals surface area contributed by atoms with E-state index in [0.29, 0.717) is 0 Å². The van der Waals surface area contributed by atoms with Gasteiger partial charge in [0.05, 0.1) is 0 Å². The Morgan fingerprint density at radius 2 is 1.20 bits per heavy atom. The van der Waals surface area contributed by atoms with Gasteiger partial charge in [-0.3, -0.25) is 10.6 Å². The van der Waals surface area contributed by atoms with Crippen LogP contribution in [0.1, 0.15) is 0 Å². The van der Waals surface area contributed by atoms with Crippen molar-refractivity contribution in [2.45, 2.75) is 0 Å². The van der Waals surface area contributed by atoms with Crippen LogP contribution in [0.4, 0.5) is 9.59 Å². The monoisotopic (exact) mass is 216 g/mol. The first-order valence-electron chi connectivity index (χ1n) is 3.64. The molecule has 0 aromatic carbocycles. The van der Waals surface area contributed by atoms with Crippen molar-refractivity contribution in [3.63, 3.8) is 0 Å². The van der Waals surface area contributed by atoms with E-state index in [1.165, 1.54) is 0 Å². The smallest absolute Gasteiger partial charge is 0.318 e. The Kier molecular flexibility index (Phi) is 5.00.